The van der Waals surface area contributed by atoms with Crippen LogP contribution in [0.5, 0.6) is 0 Å². The van der Waals surface area contributed by atoms with Crippen molar-refractivity contribution in [1.29, 1.82) is 0 Å². The molecule has 3 N–H and O–H groups in total. The van der Waals surface area contributed by atoms with Crippen LogP contribution >= 0.6 is 31.9 Å². The zero-order chi connectivity index (χ0) is 29.0. The Kier molecular flexibility index (Phi) is 9.65. The average molecular weight is 696 g/mol. The molecule has 12 heteroatoms. The lowest BCUT2D eigenvalue weighted by Gasteiger charge is -2.44. The maximum absolute atomic E-state index is 14.3. The number of carbonyl (C=O) groups is 2. The van der Waals surface area contributed by atoms with Crippen LogP contribution < -0.4 is 15.4 Å². The topological polar surface area (TPSA) is 108 Å². The molecule has 1 saturated heterocycles. The van der Waals surface area contributed by atoms with Crippen molar-refractivity contribution in [3.05, 3.63) is 98.2 Å². The van der Waals surface area contributed by atoms with Gasteiger partial charge in [-0.2, -0.15) is 0 Å². The molecule has 2 amide bonds. The third kappa shape index (κ3) is 7.68. The number of halogens is 3. The Morgan fingerprint density at radius 3 is 2.05 bits per heavy atom. The van der Waals surface area contributed by atoms with Gasteiger partial charge in [0.1, 0.15) is 11.9 Å². The molecule has 1 atom stereocenters. The first kappa shape index (κ1) is 30.2. The molecule has 4 rings (SSSR count). The van der Waals surface area contributed by atoms with E-state index in [0.29, 0.717) is 13.1 Å². The van der Waals surface area contributed by atoms with Gasteiger partial charge in [0.25, 0.3) is 5.91 Å². The number of hydrogen-bond acceptors (Lipinski definition) is 5. The summed E-state index contributed by atoms with van der Waals surface area (Å²) in [5.41, 5.74) is 2.04. The number of sulfonamides is 1. The second-order valence-electron chi connectivity index (χ2n) is 9.75. The van der Waals surface area contributed by atoms with Crippen LogP contribution in [0.4, 0.5) is 10.1 Å². The van der Waals surface area contributed by atoms with Crippen molar-refractivity contribution in [3.8, 4) is 0 Å². The zero-order valence-corrected chi connectivity index (χ0v) is 25.8. The maximum Gasteiger partial charge on any atom is 0.252 e. The minimum absolute atomic E-state index is 0.0328. The largest absolute Gasteiger partial charge is 0.357 e. The van der Waals surface area contributed by atoms with E-state index < -0.39 is 33.7 Å². The van der Waals surface area contributed by atoms with Gasteiger partial charge in [-0.05, 0) is 60.5 Å². The molecule has 0 unspecified atom stereocenters. The molecule has 0 bridgehead atoms. The molecule has 3 aromatic rings. The summed E-state index contributed by atoms with van der Waals surface area (Å²) in [6.45, 7) is 2.61. The van der Waals surface area contributed by atoms with E-state index in [1.807, 2.05) is 24.3 Å². The molecule has 0 aliphatic carbocycles. The van der Waals surface area contributed by atoms with Gasteiger partial charge in [0, 0.05) is 40.6 Å². The maximum atomic E-state index is 14.3. The second-order valence-corrected chi connectivity index (χ2v) is 13.3. The molecule has 1 aliphatic rings. The van der Waals surface area contributed by atoms with E-state index in [4.69, 9.17) is 0 Å². The molecule has 40 heavy (non-hydrogen) atoms. The van der Waals surface area contributed by atoms with Crippen molar-refractivity contribution in [3.63, 3.8) is 0 Å². The van der Waals surface area contributed by atoms with Crippen LogP contribution in [-0.4, -0.2) is 57.1 Å². The number of nitrogens with one attached hydrogen (secondary N) is 3. The van der Waals surface area contributed by atoms with Gasteiger partial charge in [0.05, 0.1) is 17.5 Å². The Hall–Kier alpha value is -2.80. The highest BCUT2D eigenvalue weighted by Gasteiger charge is 2.36. The van der Waals surface area contributed by atoms with E-state index in [1.165, 1.54) is 20.0 Å². The van der Waals surface area contributed by atoms with Crippen molar-refractivity contribution in [1.82, 2.24) is 15.5 Å². The Morgan fingerprint density at radius 2 is 1.52 bits per heavy atom. The number of carbonyl (C=O) groups excluding carboxylic acids is 2. The fraction of sp³-hybridized carbons (Fsp3) is 0.286. The number of anilines is 1. The highest BCUT2D eigenvalue weighted by atomic mass is 79.9. The Morgan fingerprint density at radius 1 is 0.975 bits per heavy atom. The second kappa shape index (κ2) is 12.8. The quantitative estimate of drug-likeness (QED) is 0.286. The summed E-state index contributed by atoms with van der Waals surface area (Å²) >= 11 is 6.96. The van der Waals surface area contributed by atoms with Crippen LogP contribution in [0.15, 0.2) is 75.7 Å². The molecule has 3 aromatic carbocycles. The molecular formula is C28H29Br2FN4O4S. The number of rotatable bonds is 10. The minimum atomic E-state index is -3.84. The van der Waals surface area contributed by atoms with Crippen molar-refractivity contribution >= 4 is 59.4 Å². The summed E-state index contributed by atoms with van der Waals surface area (Å²) in [6.07, 6.45) is 0. The molecule has 212 valence electrons. The third-order valence-electron chi connectivity index (χ3n) is 6.60. The summed E-state index contributed by atoms with van der Waals surface area (Å²) in [7, 11) is -2.40. The molecule has 1 heterocycles. The van der Waals surface area contributed by atoms with Gasteiger partial charge in [-0.3, -0.25) is 19.2 Å². The van der Waals surface area contributed by atoms with Crippen molar-refractivity contribution in [2.75, 3.05) is 30.6 Å². The van der Waals surface area contributed by atoms with E-state index >= 15 is 0 Å². The van der Waals surface area contributed by atoms with E-state index in [9.17, 15) is 22.4 Å². The van der Waals surface area contributed by atoms with Gasteiger partial charge < -0.3 is 10.6 Å². The molecule has 0 spiro atoms. The summed E-state index contributed by atoms with van der Waals surface area (Å²) in [6, 6.07) is 18.5. The molecule has 0 aromatic heterocycles. The van der Waals surface area contributed by atoms with Crippen molar-refractivity contribution < 1.29 is 22.4 Å². The number of hydrogen-bond donors (Lipinski definition) is 3. The van der Waals surface area contributed by atoms with Crippen LogP contribution in [0, 0.1) is 11.7 Å². The molecule has 1 aliphatic heterocycles. The highest BCUT2D eigenvalue weighted by Crippen LogP contribution is 2.36. The molecule has 0 radical (unpaired) electrons. The average Bonchev–Trinajstić information content (AvgIpc) is 2.88. The lowest BCUT2D eigenvalue weighted by Crippen LogP contribution is -2.51. The van der Waals surface area contributed by atoms with Crippen LogP contribution in [0.1, 0.15) is 34.5 Å². The van der Waals surface area contributed by atoms with E-state index in [1.54, 1.807) is 0 Å². The first-order chi connectivity index (χ1) is 18.9. The number of likely N-dealkylation sites (N-methyl/N-ethyl adjacent to an activating group) is 1. The van der Waals surface area contributed by atoms with E-state index in [0.717, 1.165) is 32.2 Å². The van der Waals surface area contributed by atoms with Gasteiger partial charge in [0.15, 0.2) is 0 Å². The highest BCUT2D eigenvalue weighted by molar-refractivity contribution is 9.10. The van der Waals surface area contributed by atoms with Crippen molar-refractivity contribution in [2.45, 2.75) is 19.0 Å². The minimum Gasteiger partial charge on any atom is -0.357 e. The fourth-order valence-electron chi connectivity index (χ4n) is 4.70. The van der Waals surface area contributed by atoms with Gasteiger partial charge in [0.2, 0.25) is 15.9 Å². The van der Waals surface area contributed by atoms with Crippen LogP contribution in [0.25, 0.3) is 0 Å². The fourth-order valence-corrected chi connectivity index (χ4v) is 6.62. The Bertz CT molecular complexity index is 1440. The lowest BCUT2D eigenvalue weighted by molar-refractivity contribution is -0.122. The summed E-state index contributed by atoms with van der Waals surface area (Å²) < 4.78 is 44.6. The van der Waals surface area contributed by atoms with E-state index in [2.05, 4.69) is 76.4 Å². The summed E-state index contributed by atoms with van der Waals surface area (Å²) in [5, 5.41) is 4.87. The summed E-state index contributed by atoms with van der Waals surface area (Å²) in [4.78, 5) is 26.4. The monoisotopic (exact) mass is 694 g/mol. The molecule has 8 nitrogen and oxygen atoms in total. The standard InChI is InChI=1S/C28H29Br2FN4O4S/c1-17(27(36)32-2)33-28(37)21-11-24(31)13-25(12-21)34-40(38,39)16-18-14-35(15-18)26(19-3-7-22(29)8-4-19)20-5-9-23(30)10-6-20/h3-13,17-18,26,34H,14-16H2,1-2H3,(H,32,36)(H,33,37)/t17-/m0/s1. The molecular weight excluding hydrogens is 667 g/mol. The van der Waals surface area contributed by atoms with Gasteiger partial charge in [-0.15, -0.1) is 0 Å². The molecule has 1 fully saturated rings. The summed E-state index contributed by atoms with van der Waals surface area (Å²) in [5.74, 6) is -2.17. The molecule has 0 saturated carbocycles. The third-order valence-corrected chi connectivity index (χ3v) is 9.11. The van der Waals surface area contributed by atoms with E-state index in [-0.39, 0.29) is 29.0 Å². The first-order valence-corrected chi connectivity index (χ1v) is 15.8. The number of benzene rings is 3. The Labute approximate surface area is 250 Å². The van der Waals surface area contributed by atoms with Crippen LogP contribution in [0.2, 0.25) is 0 Å². The van der Waals surface area contributed by atoms with Gasteiger partial charge in [-0.25, -0.2) is 12.8 Å². The number of amides is 2. The predicted molar refractivity (Wildman–Crippen MR) is 160 cm³/mol. The zero-order valence-electron chi connectivity index (χ0n) is 21.8. The number of nitrogens with zero attached hydrogens (tertiary/aromatic N) is 1. The van der Waals surface area contributed by atoms with Gasteiger partial charge >= 0.3 is 0 Å². The van der Waals surface area contributed by atoms with Crippen molar-refractivity contribution in [2.24, 2.45) is 5.92 Å². The lowest BCUT2D eigenvalue weighted by atomic mass is 9.91. The number of likely N-dealkylation sites (tertiary alicyclic amines) is 1. The van der Waals surface area contributed by atoms with Crippen LogP contribution in [-0.2, 0) is 14.8 Å². The van der Waals surface area contributed by atoms with Gasteiger partial charge in [-0.1, -0.05) is 56.1 Å². The van der Waals surface area contributed by atoms with Crippen LogP contribution in [0.3, 0.4) is 0 Å². The predicted octanol–water partition coefficient (Wildman–Crippen LogP) is 4.68. The SMILES string of the molecule is CNC(=O)[C@H](C)NC(=O)c1cc(F)cc(NS(=O)(=O)CC2CN(C(c3ccc(Br)cc3)c3ccc(Br)cc3)C2)c1. The normalized spacial score (nSPS) is 14.8. The Balaban J connectivity index is 1.42. The smallest absolute Gasteiger partial charge is 0.252 e. The first-order valence-electron chi connectivity index (χ1n) is 12.5.